The molecule has 28 heavy (non-hydrogen) atoms. The molecule has 0 saturated carbocycles. The lowest BCUT2D eigenvalue weighted by atomic mass is 10.2. The molecular weight excluding hydrogens is 388 g/mol. The molecule has 0 unspecified atom stereocenters. The third-order valence-corrected chi connectivity index (χ3v) is 6.22. The van der Waals surface area contributed by atoms with Crippen LogP contribution >= 0.6 is 23.4 Å². The summed E-state index contributed by atoms with van der Waals surface area (Å²) in [5.74, 6) is 0. The average molecular weight is 407 g/mol. The van der Waals surface area contributed by atoms with E-state index in [4.69, 9.17) is 11.6 Å². The van der Waals surface area contributed by atoms with Crippen molar-refractivity contribution in [3.63, 3.8) is 0 Å². The van der Waals surface area contributed by atoms with E-state index in [-0.39, 0.29) is 6.54 Å². The van der Waals surface area contributed by atoms with E-state index >= 15 is 0 Å². The highest BCUT2D eigenvalue weighted by atomic mass is 35.5. The van der Waals surface area contributed by atoms with E-state index in [9.17, 15) is 4.91 Å². The summed E-state index contributed by atoms with van der Waals surface area (Å²) in [7, 11) is 0. The minimum atomic E-state index is 0.193. The normalized spacial score (nSPS) is 11.1. The van der Waals surface area contributed by atoms with Crippen LogP contribution in [0.1, 0.15) is 16.8 Å². The Hall–Kier alpha value is -2.56. The van der Waals surface area contributed by atoms with Crippen LogP contribution in [0.4, 0.5) is 0 Å². The van der Waals surface area contributed by atoms with Crippen LogP contribution in [0.5, 0.6) is 0 Å². The lowest BCUT2D eigenvalue weighted by Gasteiger charge is -2.09. The number of nitrogens with zero attached hydrogens (tertiary/aromatic N) is 2. The molecule has 4 aromatic rings. The smallest absolute Gasteiger partial charge is 0.106 e. The van der Waals surface area contributed by atoms with Crippen molar-refractivity contribution in [1.29, 1.82) is 0 Å². The molecule has 0 bridgehead atoms. The highest BCUT2D eigenvalue weighted by molar-refractivity contribution is 7.99. The van der Waals surface area contributed by atoms with E-state index in [2.05, 4.69) is 53.1 Å². The summed E-state index contributed by atoms with van der Waals surface area (Å²) in [4.78, 5) is 12.9. The molecule has 0 atom stereocenters. The molecule has 0 amide bonds. The predicted octanol–water partition coefficient (Wildman–Crippen LogP) is 7.07. The fourth-order valence-electron chi connectivity index (χ4n) is 3.42. The number of benzene rings is 3. The van der Waals surface area contributed by atoms with Gasteiger partial charge in [-0.25, -0.2) is 0 Å². The molecule has 1 heterocycles. The van der Waals surface area contributed by atoms with Gasteiger partial charge in [0.1, 0.15) is 6.54 Å². The van der Waals surface area contributed by atoms with Crippen LogP contribution in [0.2, 0.25) is 5.02 Å². The van der Waals surface area contributed by atoms with Crippen LogP contribution in [0.25, 0.3) is 10.9 Å². The van der Waals surface area contributed by atoms with Crippen molar-refractivity contribution < 1.29 is 0 Å². The Kier molecular flexibility index (Phi) is 5.51. The highest BCUT2D eigenvalue weighted by Crippen LogP contribution is 2.39. The quantitative estimate of drug-likeness (QED) is 0.321. The van der Waals surface area contributed by atoms with Crippen molar-refractivity contribution >= 4 is 34.3 Å². The summed E-state index contributed by atoms with van der Waals surface area (Å²) in [5, 5.41) is 4.92. The van der Waals surface area contributed by atoms with Crippen molar-refractivity contribution in [2.45, 2.75) is 29.8 Å². The van der Waals surface area contributed by atoms with Crippen LogP contribution in [-0.4, -0.2) is 4.57 Å². The summed E-state index contributed by atoms with van der Waals surface area (Å²) in [6.07, 6.45) is 0. The second kappa shape index (κ2) is 8.21. The minimum Gasteiger partial charge on any atom is -0.339 e. The fourth-order valence-corrected chi connectivity index (χ4v) is 4.72. The van der Waals surface area contributed by atoms with Crippen molar-refractivity contribution in [3.8, 4) is 0 Å². The number of hydrogen-bond acceptors (Lipinski definition) is 3. The van der Waals surface area contributed by atoms with Crippen molar-refractivity contribution in [2.75, 3.05) is 0 Å². The maximum atomic E-state index is 10.6. The molecule has 140 valence electrons. The number of aromatic nitrogens is 1. The maximum Gasteiger partial charge on any atom is 0.106 e. The highest BCUT2D eigenvalue weighted by Gasteiger charge is 2.16. The third-order valence-electron chi connectivity index (χ3n) is 4.78. The SMILES string of the molecule is Cc1c(Sc2cccc(CN=O)c2)c2ccc(Cl)cc2n1Cc1ccccc1. The summed E-state index contributed by atoms with van der Waals surface area (Å²) < 4.78 is 2.32. The molecule has 4 rings (SSSR count). The Labute approximate surface area is 173 Å². The van der Waals surface area contributed by atoms with Crippen LogP contribution in [0.3, 0.4) is 0 Å². The fraction of sp³-hybridized carbons (Fsp3) is 0.130. The van der Waals surface area contributed by atoms with E-state index in [1.54, 1.807) is 11.8 Å². The van der Waals surface area contributed by atoms with Gasteiger partial charge < -0.3 is 4.57 Å². The molecular formula is C23H19ClN2OS. The van der Waals surface area contributed by atoms with E-state index in [1.165, 1.54) is 21.5 Å². The maximum absolute atomic E-state index is 10.6. The van der Waals surface area contributed by atoms with Crippen molar-refractivity contribution in [3.05, 3.63) is 99.5 Å². The summed E-state index contributed by atoms with van der Waals surface area (Å²) in [5.41, 5.74) is 4.50. The van der Waals surface area contributed by atoms with Gasteiger partial charge in [0.15, 0.2) is 0 Å². The molecule has 0 aliphatic heterocycles. The first-order valence-electron chi connectivity index (χ1n) is 9.04. The third kappa shape index (κ3) is 3.84. The largest absolute Gasteiger partial charge is 0.339 e. The first kappa shape index (κ1) is 18.8. The van der Waals surface area contributed by atoms with E-state index < -0.39 is 0 Å². The van der Waals surface area contributed by atoms with Gasteiger partial charge >= 0.3 is 0 Å². The molecule has 3 aromatic carbocycles. The molecule has 3 nitrogen and oxygen atoms in total. The Balaban J connectivity index is 1.79. The zero-order valence-corrected chi connectivity index (χ0v) is 17.0. The molecule has 0 radical (unpaired) electrons. The van der Waals surface area contributed by atoms with Gasteiger partial charge in [-0.3, -0.25) is 0 Å². The first-order valence-corrected chi connectivity index (χ1v) is 10.2. The van der Waals surface area contributed by atoms with Crippen molar-refractivity contribution in [2.24, 2.45) is 5.18 Å². The van der Waals surface area contributed by atoms with Gasteiger partial charge in [-0.15, -0.1) is 0 Å². The van der Waals surface area contributed by atoms with Gasteiger partial charge in [-0.2, -0.15) is 4.91 Å². The summed E-state index contributed by atoms with van der Waals surface area (Å²) >= 11 is 8.02. The number of hydrogen-bond donors (Lipinski definition) is 0. The molecule has 0 spiro atoms. The standard InChI is InChI=1S/C23H19ClN2OS/c1-16-23(28-20-9-5-8-18(12-20)14-25-27)21-11-10-19(24)13-22(21)26(16)15-17-6-3-2-4-7-17/h2-13H,14-15H2,1H3. The second-order valence-electron chi connectivity index (χ2n) is 6.68. The van der Waals surface area contributed by atoms with Gasteiger partial charge in [0.05, 0.1) is 5.52 Å². The molecule has 0 N–H and O–H groups in total. The zero-order chi connectivity index (χ0) is 19.5. The zero-order valence-electron chi connectivity index (χ0n) is 15.4. The molecule has 5 heteroatoms. The first-order chi connectivity index (χ1) is 13.7. The van der Waals surface area contributed by atoms with E-state index in [0.717, 1.165) is 27.5 Å². The lowest BCUT2D eigenvalue weighted by Crippen LogP contribution is -2.01. The molecule has 0 fully saturated rings. The number of halogens is 1. The van der Waals surface area contributed by atoms with E-state index in [0.29, 0.717) is 0 Å². The number of nitroso groups, excluding NO2 is 1. The Morgan fingerprint density at radius 3 is 2.54 bits per heavy atom. The lowest BCUT2D eigenvalue weighted by molar-refractivity contribution is 0.794. The van der Waals surface area contributed by atoms with Crippen LogP contribution in [0.15, 0.2) is 87.8 Å². The second-order valence-corrected chi connectivity index (χ2v) is 8.20. The van der Waals surface area contributed by atoms with Crippen molar-refractivity contribution in [1.82, 2.24) is 4.57 Å². The summed E-state index contributed by atoms with van der Waals surface area (Å²) in [6.45, 7) is 3.13. The minimum absolute atomic E-state index is 0.193. The molecule has 0 aliphatic carbocycles. The average Bonchev–Trinajstić information content (AvgIpc) is 2.95. The molecule has 1 aromatic heterocycles. The topological polar surface area (TPSA) is 34.4 Å². The Morgan fingerprint density at radius 2 is 1.75 bits per heavy atom. The van der Waals surface area contributed by atoms with Gasteiger partial charge in [0, 0.05) is 32.4 Å². The van der Waals surface area contributed by atoms with Gasteiger partial charge in [-0.05, 0) is 42.3 Å². The monoisotopic (exact) mass is 406 g/mol. The number of rotatable bonds is 6. The van der Waals surface area contributed by atoms with E-state index in [1.807, 2.05) is 36.4 Å². The molecule has 0 saturated heterocycles. The predicted molar refractivity (Wildman–Crippen MR) is 117 cm³/mol. The van der Waals surface area contributed by atoms with Gasteiger partial charge in [-0.1, -0.05) is 77.1 Å². The number of fused-ring (bicyclic) bond motifs is 1. The molecule has 0 aliphatic rings. The Morgan fingerprint density at radius 1 is 0.964 bits per heavy atom. The van der Waals surface area contributed by atoms with Gasteiger partial charge in [0.25, 0.3) is 0 Å². The van der Waals surface area contributed by atoms with Crippen LogP contribution in [0, 0.1) is 11.8 Å². The Bertz CT molecular complexity index is 1140. The van der Waals surface area contributed by atoms with Crippen LogP contribution < -0.4 is 0 Å². The van der Waals surface area contributed by atoms with Gasteiger partial charge in [0.2, 0.25) is 0 Å². The van der Waals surface area contributed by atoms with Crippen LogP contribution in [-0.2, 0) is 13.1 Å². The summed E-state index contributed by atoms with van der Waals surface area (Å²) in [6, 6.07) is 24.5.